The number of hydrogen-bond donors (Lipinski definition) is 2. The second kappa shape index (κ2) is 4.06. The van der Waals surface area contributed by atoms with Gasteiger partial charge in [-0.05, 0) is 12.8 Å². The van der Waals surface area contributed by atoms with Gasteiger partial charge in [0.25, 0.3) is 0 Å². The molecule has 2 atom stereocenters. The van der Waals surface area contributed by atoms with Crippen LogP contribution < -0.4 is 0 Å². The summed E-state index contributed by atoms with van der Waals surface area (Å²) in [5, 5.41) is 18.9. The van der Waals surface area contributed by atoms with Crippen LogP contribution in [0.2, 0.25) is 0 Å². The third-order valence-electron chi connectivity index (χ3n) is 2.59. The smallest absolute Gasteiger partial charge is 0.0675 e. The highest BCUT2D eigenvalue weighted by Gasteiger charge is 2.34. The summed E-state index contributed by atoms with van der Waals surface area (Å²) in [6, 6.07) is 0. The van der Waals surface area contributed by atoms with Crippen LogP contribution in [0, 0.1) is 11.3 Å². The van der Waals surface area contributed by atoms with Crippen molar-refractivity contribution >= 4 is 0 Å². The Balaban J connectivity index is 4.63. The topological polar surface area (TPSA) is 40.5 Å². The molecule has 2 heteroatoms. The van der Waals surface area contributed by atoms with Gasteiger partial charge in [-0.15, -0.1) is 0 Å². The maximum Gasteiger partial charge on any atom is 0.0675 e. The first-order valence-corrected chi connectivity index (χ1v) is 4.31. The third-order valence-corrected chi connectivity index (χ3v) is 2.59. The molecule has 0 aliphatic rings. The summed E-state index contributed by atoms with van der Waals surface area (Å²) in [7, 11) is 0. The van der Waals surface area contributed by atoms with E-state index in [-0.39, 0.29) is 12.5 Å². The summed E-state index contributed by atoms with van der Waals surface area (Å²) in [6.45, 7) is 11.3. The Kier molecular flexibility index (Phi) is 3.94. The molecule has 0 unspecified atom stereocenters. The largest absolute Gasteiger partial charge is 0.395 e. The van der Waals surface area contributed by atoms with Crippen molar-refractivity contribution in [2.24, 2.45) is 11.3 Å². The quantitative estimate of drug-likeness (QED) is 0.632. The van der Waals surface area contributed by atoms with Crippen LogP contribution in [0.1, 0.15) is 27.7 Å². The molecule has 0 amide bonds. The van der Waals surface area contributed by atoms with E-state index in [4.69, 9.17) is 5.11 Å². The molecule has 0 rings (SSSR count). The molecular formula is C10H20O2. The molecule has 0 aromatic carbocycles. The summed E-state index contributed by atoms with van der Waals surface area (Å²) >= 11 is 0. The van der Waals surface area contributed by atoms with Crippen molar-refractivity contribution in [1.82, 2.24) is 0 Å². The van der Waals surface area contributed by atoms with Crippen molar-refractivity contribution in [3.8, 4) is 0 Å². The lowest BCUT2D eigenvalue weighted by Crippen LogP contribution is -2.40. The molecule has 12 heavy (non-hydrogen) atoms. The van der Waals surface area contributed by atoms with Gasteiger partial charge in [0.05, 0.1) is 12.7 Å². The second-order valence-electron chi connectivity index (χ2n) is 4.04. The molecule has 2 nitrogen and oxygen atoms in total. The zero-order valence-electron chi connectivity index (χ0n) is 8.46. The molecule has 0 saturated carbocycles. The third kappa shape index (κ3) is 2.08. The first kappa shape index (κ1) is 11.7. The van der Waals surface area contributed by atoms with E-state index in [0.29, 0.717) is 0 Å². The molecule has 0 saturated heterocycles. The normalized spacial score (nSPS) is 18.9. The molecule has 2 N–H and O–H groups in total. The predicted molar refractivity (Wildman–Crippen MR) is 50.9 cm³/mol. The van der Waals surface area contributed by atoms with E-state index in [1.807, 2.05) is 27.7 Å². The van der Waals surface area contributed by atoms with Gasteiger partial charge in [0, 0.05) is 5.41 Å². The van der Waals surface area contributed by atoms with Crippen molar-refractivity contribution < 1.29 is 10.2 Å². The minimum Gasteiger partial charge on any atom is -0.395 e. The minimum atomic E-state index is -0.561. The van der Waals surface area contributed by atoms with E-state index >= 15 is 0 Å². The molecule has 0 radical (unpaired) electrons. The highest BCUT2D eigenvalue weighted by molar-refractivity contribution is 5.09. The van der Waals surface area contributed by atoms with E-state index in [1.165, 1.54) is 0 Å². The average molecular weight is 172 g/mol. The van der Waals surface area contributed by atoms with Crippen molar-refractivity contribution in [1.29, 1.82) is 0 Å². The fourth-order valence-electron chi connectivity index (χ4n) is 1.22. The highest BCUT2D eigenvalue weighted by atomic mass is 16.3. The van der Waals surface area contributed by atoms with Crippen molar-refractivity contribution in [3.63, 3.8) is 0 Å². The fourth-order valence-corrected chi connectivity index (χ4v) is 1.22. The zero-order valence-corrected chi connectivity index (χ0v) is 8.46. The van der Waals surface area contributed by atoms with Gasteiger partial charge in [0.15, 0.2) is 0 Å². The Hall–Kier alpha value is -0.340. The summed E-state index contributed by atoms with van der Waals surface area (Å²) in [6.07, 6.45) is -0.528. The van der Waals surface area contributed by atoms with Crippen molar-refractivity contribution in [2.75, 3.05) is 6.61 Å². The summed E-state index contributed by atoms with van der Waals surface area (Å²) in [4.78, 5) is 0. The van der Waals surface area contributed by atoms with Crippen LogP contribution in [0.25, 0.3) is 0 Å². The molecule has 0 aromatic rings. The van der Waals surface area contributed by atoms with Crippen LogP contribution >= 0.6 is 0 Å². The van der Waals surface area contributed by atoms with Crippen LogP contribution in [-0.4, -0.2) is 22.9 Å². The van der Waals surface area contributed by atoms with Crippen molar-refractivity contribution in [2.45, 2.75) is 33.8 Å². The van der Waals surface area contributed by atoms with E-state index in [0.717, 1.165) is 5.57 Å². The number of aliphatic hydroxyl groups excluding tert-OH is 2. The number of aliphatic hydroxyl groups is 2. The monoisotopic (exact) mass is 172 g/mol. The lowest BCUT2D eigenvalue weighted by atomic mass is 9.75. The lowest BCUT2D eigenvalue weighted by Gasteiger charge is -2.35. The van der Waals surface area contributed by atoms with Crippen molar-refractivity contribution in [3.05, 3.63) is 12.2 Å². The molecule has 0 aliphatic carbocycles. The molecule has 0 spiro atoms. The van der Waals surface area contributed by atoms with E-state index in [2.05, 4.69) is 6.58 Å². The zero-order chi connectivity index (χ0) is 9.94. The van der Waals surface area contributed by atoms with Crippen LogP contribution in [0.5, 0.6) is 0 Å². The first-order valence-electron chi connectivity index (χ1n) is 4.31. The molecule has 0 aromatic heterocycles. The number of hydrogen-bond acceptors (Lipinski definition) is 2. The first-order chi connectivity index (χ1) is 5.36. The van der Waals surface area contributed by atoms with E-state index in [1.54, 1.807) is 0 Å². The van der Waals surface area contributed by atoms with Gasteiger partial charge in [-0.3, -0.25) is 0 Å². The number of rotatable bonds is 4. The van der Waals surface area contributed by atoms with Gasteiger partial charge < -0.3 is 10.2 Å². The van der Waals surface area contributed by atoms with Crippen LogP contribution in [-0.2, 0) is 0 Å². The van der Waals surface area contributed by atoms with Gasteiger partial charge in [0.1, 0.15) is 0 Å². The van der Waals surface area contributed by atoms with Crippen LogP contribution in [0.3, 0.4) is 0 Å². The molecular weight excluding hydrogens is 152 g/mol. The maximum atomic E-state index is 9.80. The summed E-state index contributed by atoms with van der Waals surface area (Å²) < 4.78 is 0. The molecule has 0 bridgehead atoms. The van der Waals surface area contributed by atoms with Gasteiger partial charge in [-0.2, -0.15) is 0 Å². The Morgan fingerprint density at radius 1 is 1.50 bits per heavy atom. The Labute approximate surface area is 74.9 Å². The Morgan fingerprint density at radius 2 is 1.92 bits per heavy atom. The second-order valence-corrected chi connectivity index (χ2v) is 4.04. The average Bonchev–Trinajstić information content (AvgIpc) is 2.01. The Morgan fingerprint density at radius 3 is 2.00 bits per heavy atom. The highest BCUT2D eigenvalue weighted by Crippen LogP contribution is 2.32. The molecule has 72 valence electrons. The van der Waals surface area contributed by atoms with Gasteiger partial charge in [-0.1, -0.05) is 32.9 Å². The van der Waals surface area contributed by atoms with Gasteiger partial charge in [-0.25, -0.2) is 0 Å². The Bertz CT molecular complexity index is 163. The van der Waals surface area contributed by atoms with Gasteiger partial charge in [0.2, 0.25) is 0 Å². The minimum absolute atomic E-state index is 0.0539. The molecule has 0 heterocycles. The van der Waals surface area contributed by atoms with Crippen LogP contribution in [0.4, 0.5) is 0 Å². The molecule has 0 aliphatic heterocycles. The SMILES string of the molecule is C=C(C)[C@](C)(CO)[C@H](O)C(C)C. The summed E-state index contributed by atoms with van der Waals surface area (Å²) in [5.41, 5.74) is 0.264. The predicted octanol–water partition coefficient (Wildman–Crippen LogP) is 1.58. The van der Waals surface area contributed by atoms with E-state index in [9.17, 15) is 5.11 Å². The standard InChI is InChI=1S/C10H20O2/c1-7(2)9(12)10(5,6-11)8(3)4/h7,9,11-12H,3,6H2,1-2,4-5H3/t9-,10+/m1/s1. The maximum absolute atomic E-state index is 9.80. The fraction of sp³-hybridized carbons (Fsp3) is 0.800. The van der Waals surface area contributed by atoms with Gasteiger partial charge >= 0.3 is 0 Å². The lowest BCUT2D eigenvalue weighted by molar-refractivity contribution is -0.00887. The molecule has 0 fully saturated rings. The van der Waals surface area contributed by atoms with Crippen LogP contribution in [0.15, 0.2) is 12.2 Å². The summed E-state index contributed by atoms with van der Waals surface area (Å²) in [5.74, 6) is 0.138. The van der Waals surface area contributed by atoms with E-state index < -0.39 is 11.5 Å².